The molecule has 0 radical (unpaired) electrons. The Balaban J connectivity index is 2.14. The molecule has 0 saturated carbocycles. The number of rotatable bonds is 1. The van der Waals surface area contributed by atoms with Crippen molar-refractivity contribution in [3.63, 3.8) is 0 Å². The molecule has 1 aliphatic heterocycles. The van der Waals surface area contributed by atoms with Crippen LogP contribution < -0.4 is 0 Å². The van der Waals surface area contributed by atoms with Gasteiger partial charge in [0.05, 0.1) is 0 Å². The van der Waals surface area contributed by atoms with Gasteiger partial charge in [0.1, 0.15) is 5.84 Å². The van der Waals surface area contributed by atoms with E-state index in [2.05, 4.69) is 51.8 Å². The zero-order chi connectivity index (χ0) is 12.4. The molecule has 1 saturated heterocycles. The van der Waals surface area contributed by atoms with Crippen molar-refractivity contribution in [2.24, 2.45) is 0 Å². The minimum Gasteiger partial charge on any atom is -0.354 e. The van der Waals surface area contributed by atoms with E-state index >= 15 is 0 Å². The normalized spacial score (nSPS) is 17.2. The lowest BCUT2D eigenvalue weighted by molar-refractivity contribution is 0.215. The maximum absolute atomic E-state index is 8.28. The number of nitrogens with one attached hydrogen (secondary N) is 1. The topological polar surface area (TPSA) is 30.3 Å². The molecule has 0 aliphatic carbocycles. The van der Waals surface area contributed by atoms with Crippen LogP contribution in [0.25, 0.3) is 0 Å². The number of aryl methyl sites for hydroxylation is 1. The highest BCUT2D eigenvalue weighted by Gasteiger charge is 2.18. The van der Waals surface area contributed by atoms with Crippen LogP contribution in [0.2, 0.25) is 0 Å². The first-order valence-electron chi connectivity index (χ1n) is 5.86. The van der Waals surface area contributed by atoms with Gasteiger partial charge in [0.2, 0.25) is 0 Å². The number of halogens is 1. The molecular weight excluding hydrogens is 278 g/mol. The van der Waals surface area contributed by atoms with E-state index < -0.39 is 0 Å². The van der Waals surface area contributed by atoms with Gasteiger partial charge in [-0.05, 0) is 31.7 Å². The number of likely N-dealkylation sites (N-methyl/N-ethyl adjacent to an activating group) is 1. The minimum atomic E-state index is 0.630. The fourth-order valence-corrected chi connectivity index (χ4v) is 2.69. The van der Waals surface area contributed by atoms with Crippen LogP contribution in [0.15, 0.2) is 22.7 Å². The van der Waals surface area contributed by atoms with Gasteiger partial charge in [0, 0.05) is 36.2 Å². The summed E-state index contributed by atoms with van der Waals surface area (Å²) < 4.78 is 1.02. The van der Waals surface area contributed by atoms with Gasteiger partial charge >= 0.3 is 0 Å². The fourth-order valence-electron chi connectivity index (χ4n) is 2.01. The number of piperazine rings is 1. The molecule has 1 aromatic carbocycles. The van der Waals surface area contributed by atoms with Crippen LogP contribution in [0.3, 0.4) is 0 Å². The van der Waals surface area contributed by atoms with Gasteiger partial charge in [-0.25, -0.2) is 0 Å². The van der Waals surface area contributed by atoms with Crippen molar-refractivity contribution in [1.29, 1.82) is 5.41 Å². The van der Waals surface area contributed by atoms with Crippen LogP contribution in [0.1, 0.15) is 11.1 Å². The summed E-state index contributed by atoms with van der Waals surface area (Å²) in [6, 6.07) is 6.16. The summed E-state index contributed by atoms with van der Waals surface area (Å²) in [5, 5.41) is 8.28. The Bertz CT molecular complexity index is 423. The van der Waals surface area contributed by atoms with Crippen LogP contribution in [0.5, 0.6) is 0 Å². The third-order valence-electron chi connectivity index (χ3n) is 3.20. The number of amidine groups is 1. The van der Waals surface area contributed by atoms with Crippen molar-refractivity contribution >= 4 is 21.8 Å². The van der Waals surface area contributed by atoms with Crippen LogP contribution in [0, 0.1) is 12.3 Å². The quantitative estimate of drug-likeness (QED) is 0.637. The molecular formula is C13H18BrN3. The molecule has 1 fully saturated rings. The minimum absolute atomic E-state index is 0.630. The summed E-state index contributed by atoms with van der Waals surface area (Å²) in [5.74, 6) is 0.630. The third kappa shape index (κ3) is 2.87. The Hall–Kier alpha value is -0.870. The molecule has 1 aromatic rings. The van der Waals surface area contributed by atoms with E-state index in [0.29, 0.717) is 5.84 Å². The molecule has 0 spiro atoms. The average molecular weight is 296 g/mol. The summed E-state index contributed by atoms with van der Waals surface area (Å²) >= 11 is 3.55. The third-order valence-corrected chi connectivity index (χ3v) is 3.86. The molecule has 4 heteroatoms. The molecule has 2 rings (SSSR count). The lowest BCUT2D eigenvalue weighted by atomic mass is 10.1. The molecule has 3 nitrogen and oxygen atoms in total. The molecule has 0 atom stereocenters. The standard InChI is InChI=1S/C13H18BrN3/c1-10-3-4-11(12(14)9-10)13(15)17-7-5-16(2)6-8-17/h3-4,9,15H,5-8H2,1-2H3. The zero-order valence-corrected chi connectivity index (χ0v) is 11.9. The maximum atomic E-state index is 8.28. The SMILES string of the molecule is Cc1ccc(C(=N)N2CCN(C)CC2)c(Br)c1. The summed E-state index contributed by atoms with van der Waals surface area (Å²) in [5.41, 5.74) is 2.20. The van der Waals surface area contributed by atoms with Crippen LogP contribution in [-0.2, 0) is 0 Å². The molecule has 0 unspecified atom stereocenters. The largest absolute Gasteiger partial charge is 0.354 e. The fraction of sp³-hybridized carbons (Fsp3) is 0.462. The van der Waals surface area contributed by atoms with E-state index in [-0.39, 0.29) is 0 Å². The van der Waals surface area contributed by atoms with Crippen molar-refractivity contribution in [3.8, 4) is 0 Å². The van der Waals surface area contributed by atoms with Crippen molar-refractivity contribution in [2.45, 2.75) is 6.92 Å². The number of benzene rings is 1. The van der Waals surface area contributed by atoms with Crippen molar-refractivity contribution in [3.05, 3.63) is 33.8 Å². The van der Waals surface area contributed by atoms with Gasteiger partial charge < -0.3 is 9.80 Å². The second kappa shape index (κ2) is 5.19. The molecule has 1 N–H and O–H groups in total. The lowest BCUT2D eigenvalue weighted by Gasteiger charge is -2.34. The Morgan fingerprint density at radius 3 is 2.47 bits per heavy atom. The highest BCUT2D eigenvalue weighted by molar-refractivity contribution is 9.10. The van der Waals surface area contributed by atoms with Gasteiger partial charge in [-0.2, -0.15) is 0 Å². The summed E-state index contributed by atoms with van der Waals surface area (Å²) in [6.45, 7) is 6.01. The molecule has 92 valence electrons. The first-order valence-corrected chi connectivity index (χ1v) is 6.66. The first kappa shape index (κ1) is 12.6. The highest BCUT2D eigenvalue weighted by atomic mass is 79.9. The van der Waals surface area contributed by atoms with Gasteiger partial charge in [-0.15, -0.1) is 0 Å². The van der Waals surface area contributed by atoms with Crippen molar-refractivity contribution in [2.75, 3.05) is 33.2 Å². The molecule has 0 amide bonds. The second-order valence-electron chi connectivity index (χ2n) is 4.62. The lowest BCUT2D eigenvalue weighted by Crippen LogP contribution is -2.47. The predicted octanol–water partition coefficient (Wildman–Crippen LogP) is 2.33. The van der Waals surface area contributed by atoms with E-state index in [1.165, 1.54) is 5.56 Å². The number of hydrogen-bond acceptors (Lipinski definition) is 2. The van der Waals surface area contributed by atoms with E-state index in [1.807, 2.05) is 6.07 Å². The Kier molecular flexibility index (Phi) is 3.84. The van der Waals surface area contributed by atoms with Gasteiger partial charge in [0.25, 0.3) is 0 Å². The van der Waals surface area contributed by atoms with E-state index in [0.717, 1.165) is 36.2 Å². The monoisotopic (exact) mass is 295 g/mol. The molecule has 0 bridgehead atoms. The average Bonchev–Trinajstić information content (AvgIpc) is 2.29. The Morgan fingerprint density at radius 1 is 1.24 bits per heavy atom. The van der Waals surface area contributed by atoms with Crippen LogP contribution in [-0.4, -0.2) is 48.9 Å². The van der Waals surface area contributed by atoms with Gasteiger partial charge in [-0.3, -0.25) is 5.41 Å². The maximum Gasteiger partial charge on any atom is 0.129 e. The Morgan fingerprint density at radius 2 is 1.88 bits per heavy atom. The smallest absolute Gasteiger partial charge is 0.129 e. The van der Waals surface area contributed by atoms with E-state index in [1.54, 1.807) is 0 Å². The van der Waals surface area contributed by atoms with Crippen molar-refractivity contribution < 1.29 is 0 Å². The first-order chi connectivity index (χ1) is 8.08. The molecule has 0 aromatic heterocycles. The molecule has 1 heterocycles. The highest BCUT2D eigenvalue weighted by Crippen LogP contribution is 2.20. The van der Waals surface area contributed by atoms with E-state index in [9.17, 15) is 0 Å². The second-order valence-corrected chi connectivity index (χ2v) is 5.48. The van der Waals surface area contributed by atoms with Crippen molar-refractivity contribution in [1.82, 2.24) is 9.80 Å². The van der Waals surface area contributed by atoms with Crippen LogP contribution in [0.4, 0.5) is 0 Å². The summed E-state index contributed by atoms with van der Waals surface area (Å²) in [4.78, 5) is 4.45. The summed E-state index contributed by atoms with van der Waals surface area (Å²) in [7, 11) is 2.13. The number of nitrogens with zero attached hydrogens (tertiary/aromatic N) is 2. The Labute approximate surface area is 111 Å². The van der Waals surface area contributed by atoms with Gasteiger partial charge in [0.15, 0.2) is 0 Å². The number of hydrogen-bond donors (Lipinski definition) is 1. The van der Waals surface area contributed by atoms with Crippen LogP contribution >= 0.6 is 15.9 Å². The predicted molar refractivity (Wildman–Crippen MR) is 74.8 cm³/mol. The molecule has 1 aliphatic rings. The summed E-state index contributed by atoms with van der Waals surface area (Å²) in [6.07, 6.45) is 0. The van der Waals surface area contributed by atoms with E-state index in [4.69, 9.17) is 5.41 Å². The zero-order valence-electron chi connectivity index (χ0n) is 10.3. The molecule has 17 heavy (non-hydrogen) atoms. The van der Waals surface area contributed by atoms with Gasteiger partial charge in [-0.1, -0.05) is 22.0 Å².